The van der Waals surface area contributed by atoms with E-state index in [1.165, 1.54) is 0 Å². The van der Waals surface area contributed by atoms with Gasteiger partial charge in [-0.25, -0.2) is 9.97 Å². The molecular formula is C14H16BrN5O2. The fourth-order valence-electron chi connectivity index (χ4n) is 2.40. The number of hydrogen-bond donors (Lipinski definition) is 1. The van der Waals surface area contributed by atoms with Gasteiger partial charge < -0.3 is 19.5 Å². The molecule has 3 rings (SSSR count). The summed E-state index contributed by atoms with van der Waals surface area (Å²) in [5.74, 6) is 2.03. The second-order valence-electron chi connectivity index (χ2n) is 5.08. The zero-order chi connectivity index (χ0) is 15.7. The highest BCUT2D eigenvalue weighted by Crippen LogP contribution is 2.25. The van der Waals surface area contributed by atoms with Gasteiger partial charge in [0.2, 0.25) is 5.91 Å². The minimum Gasteiger partial charge on any atom is -0.355 e. The number of aromatic nitrogens is 3. The molecule has 0 aromatic carbocycles. The van der Waals surface area contributed by atoms with Gasteiger partial charge in [-0.15, -0.1) is 0 Å². The average molecular weight is 366 g/mol. The molecule has 0 atom stereocenters. The van der Waals surface area contributed by atoms with Crippen molar-refractivity contribution >= 4 is 33.5 Å². The Kier molecular flexibility index (Phi) is 4.12. The molecule has 1 amide bonds. The number of hydrogen-bond acceptors (Lipinski definition) is 5. The van der Waals surface area contributed by atoms with Crippen molar-refractivity contribution in [2.75, 3.05) is 24.0 Å². The first kappa shape index (κ1) is 15.0. The number of imidazole rings is 1. The monoisotopic (exact) mass is 365 g/mol. The van der Waals surface area contributed by atoms with Crippen LogP contribution in [0.15, 0.2) is 22.8 Å². The Morgan fingerprint density at radius 2 is 2.27 bits per heavy atom. The molecule has 2 aromatic heterocycles. The van der Waals surface area contributed by atoms with E-state index in [-0.39, 0.29) is 12.5 Å². The van der Waals surface area contributed by atoms with E-state index in [1.54, 1.807) is 12.1 Å². The van der Waals surface area contributed by atoms with Crippen LogP contribution in [-0.4, -0.2) is 34.2 Å². The molecule has 1 aliphatic rings. The van der Waals surface area contributed by atoms with Crippen LogP contribution in [0, 0.1) is 6.92 Å². The van der Waals surface area contributed by atoms with Gasteiger partial charge in [0.15, 0.2) is 5.82 Å². The summed E-state index contributed by atoms with van der Waals surface area (Å²) in [6.07, 6.45) is 0. The Morgan fingerprint density at radius 3 is 3.05 bits per heavy atom. The predicted octanol–water partition coefficient (Wildman–Crippen LogP) is 1.91. The lowest BCUT2D eigenvalue weighted by molar-refractivity contribution is -0.116. The standard InChI is InChI=1S/C14H16BrN5O2/c1-9-16-14-10(7-22-8-19(14)2)20(9)6-13(21)18-12-5-3-4-11(15)17-12/h3-5H,6-8H2,1-2H3,(H,17,18,21). The molecular weight excluding hydrogens is 350 g/mol. The third-order valence-electron chi connectivity index (χ3n) is 3.41. The predicted molar refractivity (Wildman–Crippen MR) is 85.6 cm³/mol. The van der Waals surface area contributed by atoms with Crippen LogP contribution >= 0.6 is 15.9 Å². The minimum absolute atomic E-state index is 0.151. The molecule has 0 unspecified atom stereocenters. The van der Waals surface area contributed by atoms with Crippen molar-refractivity contribution in [3.05, 3.63) is 34.3 Å². The van der Waals surface area contributed by atoms with Gasteiger partial charge in [-0.1, -0.05) is 6.07 Å². The van der Waals surface area contributed by atoms with Crippen molar-refractivity contribution in [2.45, 2.75) is 20.1 Å². The summed E-state index contributed by atoms with van der Waals surface area (Å²) < 4.78 is 8.04. The average Bonchev–Trinajstić information content (AvgIpc) is 2.77. The van der Waals surface area contributed by atoms with E-state index in [0.717, 1.165) is 17.3 Å². The smallest absolute Gasteiger partial charge is 0.245 e. The number of halogens is 1. The summed E-state index contributed by atoms with van der Waals surface area (Å²) in [7, 11) is 1.92. The highest BCUT2D eigenvalue weighted by atomic mass is 79.9. The first-order chi connectivity index (χ1) is 10.5. The molecule has 1 N–H and O–H groups in total. The molecule has 0 fully saturated rings. The molecule has 7 nitrogen and oxygen atoms in total. The Balaban J connectivity index is 1.77. The van der Waals surface area contributed by atoms with Crippen LogP contribution in [0.1, 0.15) is 11.5 Å². The number of nitrogens with zero attached hydrogens (tertiary/aromatic N) is 4. The molecule has 1 aliphatic heterocycles. The number of carbonyl (C=O) groups excluding carboxylic acids is 1. The number of ether oxygens (including phenoxy) is 1. The van der Waals surface area contributed by atoms with Gasteiger partial charge in [0.1, 0.15) is 29.5 Å². The number of aryl methyl sites for hydroxylation is 1. The maximum atomic E-state index is 12.2. The summed E-state index contributed by atoms with van der Waals surface area (Å²) in [5.41, 5.74) is 0.920. The zero-order valence-electron chi connectivity index (χ0n) is 12.3. The van der Waals surface area contributed by atoms with Crippen LogP contribution in [0.4, 0.5) is 11.6 Å². The van der Waals surface area contributed by atoms with Gasteiger partial charge >= 0.3 is 0 Å². The molecule has 2 aromatic rings. The lowest BCUT2D eigenvalue weighted by Gasteiger charge is -2.24. The highest BCUT2D eigenvalue weighted by molar-refractivity contribution is 9.10. The summed E-state index contributed by atoms with van der Waals surface area (Å²) in [5, 5.41) is 2.78. The number of fused-ring (bicyclic) bond motifs is 1. The minimum atomic E-state index is -0.151. The zero-order valence-corrected chi connectivity index (χ0v) is 13.9. The quantitative estimate of drug-likeness (QED) is 0.841. The SMILES string of the molecule is Cc1nc2c(n1CC(=O)Nc1cccc(Br)n1)COCN2C. The molecule has 0 saturated carbocycles. The largest absolute Gasteiger partial charge is 0.355 e. The van der Waals surface area contributed by atoms with Crippen LogP contribution in [-0.2, 0) is 22.7 Å². The molecule has 8 heteroatoms. The topological polar surface area (TPSA) is 72.3 Å². The highest BCUT2D eigenvalue weighted by Gasteiger charge is 2.23. The number of nitrogens with one attached hydrogen (secondary N) is 1. The number of amides is 1. The number of carbonyl (C=O) groups is 1. The van der Waals surface area contributed by atoms with E-state index in [0.29, 0.717) is 23.8 Å². The maximum absolute atomic E-state index is 12.2. The second kappa shape index (κ2) is 6.05. The molecule has 0 bridgehead atoms. The van der Waals surface area contributed by atoms with Crippen LogP contribution < -0.4 is 10.2 Å². The first-order valence-electron chi connectivity index (χ1n) is 6.82. The Hall–Kier alpha value is -1.93. The molecule has 116 valence electrons. The summed E-state index contributed by atoms with van der Waals surface area (Å²) in [6.45, 7) is 3.04. The molecule has 0 aliphatic carbocycles. The van der Waals surface area contributed by atoms with Crippen molar-refractivity contribution in [1.29, 1.82) is 0 Å². The fourth-order valence-corrected chi connectivity index (χ4v) is 2.74. The first-order valence-corrected chi connectivity index (χ1v) is 7.61. The van der Waals surface area contributed by atoms with E-state index >= 15 is 0 Å². The second-order valence-corrected chi connectivity index (χ2v) is 5.90. The summed E-state index contributed by atoms with van der Waals surface area (Å²) in [6, 6.07) is 5.37. The lowest BCUT2D eigenvalue weighted by Crippen LogP contribution is -2.28. The summed E-state index contributed by atoms with van der Waals surface area (Å²) >= 11 is 3.28. The van der Waals surface area contributed by atoms with Crippen LogP contribution in [0.25, 0.3) is 0 Å². The van der Waals surface area contributed by atoms with Crippen molar-refractivity contribution in [3.63, 3.8) is 0 Å². The van der Waals surface area contributed by atoms with Crippen molar-refractivity contribution in [1.82, 2.24) is 14.5 Å². The third-order valence-corrected chi connectivity index (χ3v) is 3.85. The number of anilines is 2. The molecule has 3 heterocycles. The Morgan fingerprint density at radius 1 is 1.45 bits per heavy atom. The fraction of sp³-hybridized carbons (Fsp3) is 0.357. The van der Waals surface area contributed by atoms with Gasteiger partial charge in [-0.05, 0) is 35.0 Å². The van der Waals surface area contributed by atoms with E-state index in [1.807, 2.05) is 29.5 Å². The summed E-state index contributed by atoms with van der Waals surface area (Å²) in [4.78, 5) is 22.9. The number of pyridine rings is 1. The maximum Gasteiger partial charge on any atom is 0.245 e. The van der Waals surface area contributed by atoms with Crippen LogP contribution in [0.5, 0.6) is 0 Å². The van der Waals surface area contributed by atoms with Crippen LogP contribution in [0.3, 0.4) is 0 Å². The Labute approximate surface area is 136 Å². The van der Waals surface area contributed by atoms with Gasteiger partial charge in [0.05, 0.1) is 12.3 Å². The van der Waals surface area contributed by atoms with Gasteiger partial charge in [0, 0.05) is 7.05 Å². The third kappa shape index (κ3) is 2.97. The normalized spacial score (nSPS) is 13.9. The molecule has 0 radical (unpaired) electrons. The van der Waals surface area contributed by atoms with E-state index in [2.05, 4.69) is 31.2 Å². The number of rotatable bonds is 3. The van der Waals surface area contributed by atoms with Gasteiger partial charge in [-0.3, -0.25) is 4.79 Å². The van der Waals surface area contributed by atoms with Crippen LogP contribution in [0.2, 0.25) is 0 Å². The molecule has 0 spiro atoms. The van der Waals surface area contributed by atoms with Gasteiger partial charge in [0.25, 0.3) is 0 Å². The Bertz CT molecular complexity index is 715. The van der Waals surface area contributed by atoms with Crippen molar-refractivity contribution < 1.29 is 9.53 Å². The molecule has 0 saturated heterocycles. The van der Waals surface area contributed by atoms with E-state index in [4.69, 9.17) is 4.74 Å². The molecule has 22 heavy (non-hydrogen) atoms. The van der Waals surface area contributed by atoms with E-state index in [9.17, 15) is 4.79 Å². The van der Waals surface area contributed by atoms with Gasteiger partial charge in [-0.2, -0.15) is 0 Å². The van der Waals surface area contributed by atoms with E-state index < -0.39 is 0 Å². The van der Waals surface area contributed by atoms with Crippen molar-refractivity contribution in [2.24, 2.45) is 0 Å². The van der Waals surface area contributed by atoms with Crippen molar-refractivity contribution in [3.8, 4) is 0 Å². The lowest BCUT2D eigenvalue weighted by atomic mass is 10.3.